The van der Waals surface area contributed by atoms with Crippen LogP contribution in [0.2, 0.25) is 0 Å². The molecule has 1 unspecified atom stereocenters. The second-order valence-corrected chi connectivity index (χ2v) is 4.57. The Morgan fingerprint density at radius 2 is 1.81 bits per heavy atom. The lowest BCUT2D eigenvalue weighted by atomic mass is 10.0. The smallest absolute Gasteiger partial charge is 0.105 e. The monoisotopic (exact) mass is 234 g/mol. The minimum absolute atomic E-state index is 0.127. The first-order valence-electron chi connectivity index (χ1n) is 5.35. The lowest BCUT2D eigenvalue weighted by Gasteiger charge is -2.11. The van der Waals surface area contributed by atoms with Crippen LogP contribution in [-0.2, 0) is 0 Å². The fraction of sp³-hybridized carbons (Fsp3) is 0.286. The van der Waals surface area contributed by atoms with Crippen LogP contribution in [0.1, 0.15) is 33.4 Å². The molecule has 0 amide bonds. The quantitative estimate of drug-likeness (QED) is 0.696. The summed E-state index contributed by atoms with van der Waals surface area (Å²) < 4.78 is 5.28. The molecule has 0 saturated heterocycles. The van der Waals surface area contributed by atoms with E-state index in [0.29, 0.717) is 0 Å². The van der Waals surface area contributed by atoms with Gasteiger partial charge in [-0.25, -0.2) is 0 Å². The zero-order valence-corrected chi connectivity index (χ0v) is 10.5. The molecule has 0 radical (unpaired) electrons. The SMILES string of the molecule is Cc1ccc(C(Cl)c2ccoc2C)cc1C. The Morgan fingerprint density at radius 3 is 2.38 bits per heavy atom. The Bertz CT molecular complexity index is 499. The molecule has 1 aromatic carbocycles. The van der Waals surface area contributed by atoms with E-state index in [9.17, 15) is 0 Å². The van der Waals surface area contributed by atoms with Crippen LogP contribution in [0.5, 0.6) is 0 Å². The Balaban J connectivity index is 2.38. The summed E-state index contributed by atoms with van der Waals surface area (Å²) in [4.78, 5) is 0. The molecule has 0 bridgehead atoms. The van der Waals surface area contributed by atoms with Gasteiger partial charge in [0, 0.05) is 5.56 Å². The maximum atomic E-state index is 6.44. The lowest BCUT2D eigenvalue weighted by Crippen LogP contribution is -1.95. The largest absolute Gasteiger partial charge is 0.469 e. The fourth-order valence-corrected chi connectivity index (χ4v) is 2.12. The van der Waals surface area contributed by atoms with Crippen LogP contribution >= 0.6 is 11.6 Å². The lowest BCUT2D eigenvalue weighted by molar-refractivity contribution is 0.530. The van der Waals surface area contributed by atoms with E-state index >= 15 is 0 Å². The molecule has 84 valence electrons. The summed E-state index contributed by atoms with van der Waals surface area (Å²) in [5, 5.41) is -0.127. The molecule has 0 aliphatic carbocycles. The maximum Gasteiger partial charge on any atom is 0.105 e. The Hall–Kier alpha value is -1.21. The third-order valence-electron chi connectivity index (χ3n) is 3.00. The first-order chi connectivity index (χ1) is 7.59. The summed E-state index contributed by atoms with van der Waals surface area (Å²) in [6.07, 6.45) is 1.68. The highest BCUT2D eigenvalue weighted by atomic mass is 35.5. The highest BCUT2D eigenvalue weighted by Gasteiger charge is 2.15. The average molecular weight is 235 g/mol. The summed E-state index contributed by atoms with van der Waals surface area (Å²) in [5.74, 6) is 0.887. The maximum absolute atomic E-state index is 6.44. The van der Waals surface area contributed by atoms with Crippen LogP contribution in [-0.4, -0.2) is 0 Å². The van der Waals surface area contributed by atoms with Gasteiger partial charge in [0.15, 0.2) is 0 Å². The van der Waals surface area contributed by atoms with Crippen LogP contribution in [0.15, 0.2) is 34.9 Å². The van der Waals surface area contributed by atoms with Crippen LogP contribution in [0.3, 0.4) is 0 Å². The summed E-state index contributed by atoms with van der Waals surface area (Å²) in [7, 11) is 0. The van der Waals surface area contributed by atoms with E-state index in [1.165, 1.54) is 11.1 Å². The van der Waals surface area contributed by atoms with Crippen molar-refractivity contribution >= 4 is 11.6 Å². The standard InChI is InChI=1S/C14H15ClO/c1-9-4-5-12(8-10(9)2)14(15)13-6-7-16-11(13)3/h4-8,14H,1-3H3. The van der Waals surface area contributed by atoms with Crippen LogP contribution < -0.4 is 0 Å². The van der Waals surface area contributed by atoms with Crippen molar-refractivity contribution in [1.82, 2.24) is 0 Å². The Kier molecular flexibility index (Phi) is 3.06. The van der Waals surface area contributed by atoms with Crippen molar-refractivity contribution in [3.8, 4) is 0 Å². The summed E-state index contributed by atoms with van der Waals surface area (Å²) in [6, 6.07) is 8.25. The van der Waals surface area contributed by atoms with Gasteiger partial charge in [-0.1, -0.05) is 18.2 Å². The molecule has 0 aliphatic heterocycles. The average Bonchev–Trinajstić information content (AvgIpc) is 2.67. The summed E-state index contributed by atoms with van der Waals surface area (Å²) in [6.45, 7) is 6.14. The van der Waals surface area contributed by atoms with Crippen LogP contribution in [0.4, 0.5) is 0 Å². The van der Waals surface area contributed by atoms with Gasteiger partial charge in [-0.3, -0.25) is 0 Å². The number of furan rings is 1. The van der Waals surface area contributed by atoms with Crippen LogP contribution in [0, 0.1) is 20.8 Å². The predicted molar refractivity (Wildman–Crippen MR) is 67.1 cm³/mol. The first-order valence-corrected chi connectivity index (χ1v) is 5.78. The number of hydrogen-bond donors (Lipinski definition) is 0. The summed E-state index contributed by atoms with van der Waals surface area (Å²) >= 11 is 6.44. The van der Waals surface area contributed by atoms with Gasteiger partial charge in [0.1, 0.15) is 5.76 Å². The number of halogens is 1. The van der Waals surface area contributed by atoms with Crippen molar-refractivity contribution in [3.05, 3.63) is 58.5 Å². The van der Waals surface area contributed by atoms with Gasteiger partial charge in [-0.05, 0) is 43.5 Å². The predicted octanol–water partition coefficient (Wildman–Crippen LogP) is 4.53. The summed E-state index contributed by atoms with van der Waals surface area (Å²) in [5.41, 5.74) is 4.72. The topological polar surface area (TPSA) is 13.1 Å². The van der Waals surface area contributed by atoms with Crippen molar-refractivity contribution < 1.29 is 4.42 Å². The van der Waals surface area contributed by atoms with Gasteiger partial charge in [0.2, 0.25) is 0 Å². The molecule has 2 aromatic rings. The molecule has 1 nitrogen and oxygen atoms in total. The van der Waals surface area contributed by atoms with Crippen molar-refractivity contribution in [2.45, 2.75) is 26.1 Å². The van der Waals surface area contributed by atoms with Crippen molar-refractivity contribution in [1.29, 1.82) is 0 Å². The number of rotatable bonds is 2. The van der Waals surface area contributed by atoms with Crippen molar-refractivity contribution in [2.75, 3.05) is 0 Å². The number of alkyl halides is 1. The molecule has 2 rings (SSSR count). The van der Waals surface area contributed by atoms with E-state index in [4.69, 9.17) is 16.0 Å². The van der Waals surface area contributed by atoms with E-state index in [0.717, 1.165) is 16.9 Å². The molecular formula is C14H15ClO. The van der Waals surface area contributed by atoms with E-state index in [-0.39, 0.29) is 5.38 Å². The molecule has 16 heavy (non-hydrogen) atoms. The molecular weight excluding hydrogens is 220 g/mol. The second kappa shape index (κ2) is 4.34. The highest BCUT2D eigenvalue weighted by Crippen LogP contribution is 2.32. The molecule has 1 atom stereocenters. The zero-order chi connectivity index (χ0) is 11.7. The molecule has 0 spiro atoms. The molecule has 2 heteroatoms. The van der Waals surface area contributed by atoms with Crippen molar-refractivity contribution in [2.24, 2.45) is 0 Å². The van der Waals surface area contributed by atoms with E-state index in [1.807, 2.05) is 13.0 Å². The van der Waals surface area contributed by atoms with Gasteiger partial charge in [0.25, 0.3) is 0 Å². The Labute approximate surface area is 101 Å². The van der Waals surface area contributed by atoms with Crippen molar-refractivity contribution in [3.63, 3.8) is 0 Å². The number of benzene rings is 1. The molecule has 0 saturated carbocycles. The second-order valence-electron chi connectivity index (χ2n) is 4.14. The third-order valence-corrected chi connectivity index (χ3v) is 3.48. The van der Waals surface area contributed by atoms with E-state index in [2.05, 4.69) is 32.0 Å². The van der Waals surface area contributed by atoms with Gasteiger partial charge in [-0.15, -0.1) is 11.6 Å². The third kappa shape index (κ3) is 2.00. The van der Waals surface area contributed by atoms with E-state index < -0.39 is 0 Å². The molecule has 1 heterocycles. The molecule has 0 fully saturated rings. The van der Waals surface area contributed by atoms with Gasteiger partial charge >= 0.3 is 0 Å². The van der Waals surface area contributed by atoms with Gasteiger partial charge < -0.3 is 4.42 Å². The minimum Gasteiger partial charge on any atom is -0.469 e. The molecule has 0 N–H and O–H groups in total. The number of aryl methyl sites for hydroxylation is 3. The minimum atomic E-state index is -0.127. The molecule has 0 aliphatic rings. The fourth-order valence-electron chi connectivity index (χ4n) is 1.76. The molecule has 1 aromatic heterocycles. The van der Waals surface area contributed by atoms with E-state index in [1.54, 1.807) is 6.26 Å². The van der Waals surface area contributed by atoms with Gasteiger partial charge in [-0.2, -0.15) is 0 Å². The number of hydrogen-bond acceptors (Lipinski definition) is 1. The highest BCUT2D eigenvalue weighted by molar-refractivity contribution is 6.22. The first kappa shape index (κ1) is 11.3. The normalized spacial score (nSPS) is 12.8. The Morgan fingerprint density at radius 1 is 1.06 bits per heavy atom. The van der Waals surface area contributed by atoms with Gasteiger partial charge in [0.05, 0.1) is 11.6 Å². The van der Waals surface area contributed by atoms with Crippen LogP contribution in [0.25, 0.3) is 0 Å². The zero-order valence-electron chi connectivity index (χ0n) is 9.75.